The van der Waals surface area contributed by atoms with Crippen LogP contribution in [-0.2, 0) is 0 Å². The Bertz CT molecular complexity index is 136. The predicted octanol–water partition coefficient (Wildman–Crippen LogP) is 2.29. The van der Waals surface area contributed by atoms with E-state index in [2.05, 4.69) is 38.3 Å². The first-order chi connectivity index (χ1) is 6.59. The fourth-order valence-corrected chi connectivity index (χ4v) is 2.39. The van der Waals surface area contributed by atoms with Crippen LogP contribution in [0.4, 0.5) is 0 Å². The molecule has 0 bridgehead atoms. The number of rotatable bonds is 4. The van der Waals surface area contributed by atoms with E-state index in [0.29, 0.717) is 24.2 Å². The molecule has 1 fully saturated rings. The van der Waals surface area contributed by atoms with E-state index in [4.69, 9.17) is 0 Å². The zero-order valence-electron chi connectivity index (χ0n) is 10.1. The first kappa shape index (κ1) is 12.0. The van der Waals surface area contributed by atoms with Gasteiger partial charge in [0.25, 0.3) is 0 Å². The molecule has 0 aromatic carbocycles. The first-order valence-electron chi connectivity index (χ1n) is 6.11. The van der Waals surface area contributed by atoms with Gasteiger partial charge in [-0.05, 0) is 12.8 Å². The van der Waals surface area contributed by atoms with Crippen molar-refractivity contribution in [1.82, 2.24) is 10.6 Å². The normalized spacial score (nSPS) is 28.7. The summed E-state index contributed by atoms with van der Waals surface area (Å²) >= 11 is 0. The van der Waals surface area contributed by atoms with Crippen molar-refractivity contribution in [3.05, 3.63) is 0 Å². The second-order valence-corrected chi connectivity index (χ2v) is 5.14. The Kier molecular flexibility index (Phi) is 4.90. The highest BCUT2D eigenvalue weighted by Crippen LogP contribution is 2.19. The van der Waals surface area contributed by atoms with Gasteiger partial charge in [0.1, 0.15) is 0 Å². The van der Waals surface area contributed by atoms with Gasteiger partial charge < -0.3 is 10.6 Å². The molecule has 0 radical (unpaired) electrons. The van der Waals surface area contributed by atoms with Gasteiger partial charge in [0.05, 0.1) is 0 Å². The van der Waals surface area contributed by atoms with Gasteiger partial charge in [-0.15, -0.1) is 0 Å². The van der Waals surface area contributed by atoms with Crippen LogP contribution in [0, 0.1) is 0 Å². The lowest BCUT2D eigenvalue weighted by Gasteiger charge is -2.35. The minimum absolute atomic E-state index is 0.606. The van der Waals surface area contributed by atoms with Crippen molar-refractivity contribution < 1.29 is 0 Å². The van der Waals surface area contributed by atoms with E-state index in [1.165, 1.54) is 25.7 Å². The van der Waals surface area contributed by atoms with Gasteiger partial charge in [0.2, 0.25) is 0 Å². The summed E-state index contributed by atoms with van der Waals surface area (Å²) in [6.07, 6.45) is 5.45. The molecule has 2 N–H and O–H groups in total. The molecule has 0 unspecified atom stereocenters. The summed E-state index contributed by atoms with van der Waals surface area (Å²) in [5, 5.41) is 7.35. The molecule has 2 atom stereocenters. The van der Waals surface area contributed by atoms with Gasteiger partial charge in [-0.2, -0.15) is 0 Å². The SMILES string of the molecule is CC(C)N[C@H]1CCCC[C@@H]1NC(C)C. The van der Waals surface area contributed by atoms with Crippen molar-refractivity contribution in [3.8, 4) is 0 Å². The fraction of sp³-hybridized carbons (Fsp3) is 1.00. The molecular formula is C12H26N2. The van der Waals surface area contributed by atoms with Crippen molar-refractivity contribution in [3.63, 3.8) is 0 Å². The monoisotopic (exact) mass is 198 g/mol. The zero-order chi connectivity index (χ0) is 10.6. The third kappa shape index (κ3) is 3.97. The van der Waals surface area contributed by atoms with Gasteiger partial charge in [-0.1, -0.05) is 40.5 Å². The van der Waals surface area contributed by atoms with Crippen LogP contribution in [-0.4, -0.2) is 24.2 Å². The second kappa shape index (κ2) is 5.72. The number of hydrogen-bond acceptors (Lipinski definition) is 2. The maximum Gasteiger partial charge on any atom is 0.0223 e. The Morgan fingerprint density at radius 2 is 1.14 bits per heavy atom. The lowest BCUT2D eigenvalue weighted by Crippen LogP contribution is -2.53. The first-order valence-corrected chi connectivity index (χ1v) is 6.11. The van der Waals surface area contributed by atoms with Gasteiger partial charge in [0, 0.05) is 24.2 Å². The van der Waals surface area contributed by atoms with E-state index >= 15 is 0 Å². The average Bonchev–Trinajstić information content (AvgIpc) is 2.06. The van der Waals surface area contributed by atoms with Crippen LogP contribution in [0.5, 0.6) is 0 Å². The van der Waals surface area contributed by atoms with Crippen LogP contribution < -0.4 is 10.6 Å². The molecule has 84 valence electrons. The summed E-state index contributed by atoms with van der Waals surface area (Å²) < 4.78 is 0. The summed E-state index contributed by atoms with van der Waals surface area (Å²) in [6, 6.07) is 2.58. The summed E-state index contributed by atoms with van der Waals surface area (Å²) in [6.45, 7) is 8.95. The Morgan fingerprint density at radius 3 is 1.43 bits per heavy atom. The van der Waals surface area contributed by atoms with Gasteiger partial charge in [-0.25, -0.2) is 0 Å². The van der Waals surface area contributed by atoms with Gasteiger partial charge >= 0.3 is 0 Å². The van der Waals surface area contributed by atoms with Crippen LogP contribution in [0.25, 0.3) is 0 Å². The minimum Gasteiger partial charge on any atom is -0.310 e. The van der Waals surface area contributed by atoms with E-state index in [9.17, 15) is 0 Å². The average molecular weight is 198 g/mol. The Hall–Kier alpha value is -0.0800. The highest BCUT2D eigenvalue weighted by Gasteiger charge is 2.25. The highest BCUT2D eigenvalue weighted by molar-refractivity contribution is 4.87. The van der Waals surface area contributed by atoms with Crippen molar-refractivity contribution in [1.29, 1.82) is 0 Å². The molecule has 0 amide bonds. The van der Waals surface area contributed by atoms with Crippen LogP contribution in [0.15, 0.2) is 0 Å². The van der Waals surface area contributed by atoms with Crippen molar-refractivity contribution >= 4 is 0 Å². The quantitative estimate of drug-likeness (QED) is 0.724. The maximum absolute atomic E-state index is 3.67. The van der Waals surface area contributed by atoms with Gasteiger partial charge in [0.15, 0.2) is 0 Å². The van der Waals surface area contributed by atoms with Crippen LogP contribution in [0.3, 0.4) is 0 Å². The van der Waals surface area contributed by atoms with E-state index in [1.807, 2.05) is 0 Å². The standard InChI is InChI=1S/C12H26N2/c1-9(2)13-11-7-5-6-8-12(11)14-10(3)4/h9-14H,5-8H2,1-4H3/t11-,12-/m0/s1. The number of hydrogen-bond donors (Lipinski definition) is 2. The Labute approximate surface area is 88.8 Å². The molecule has 0 aliphatic heterocycles. The highest BCUT2D eigenvalue weighted by atomic mass is 15.0. The number of nitrogens with one attached hydrogen (secondary N) is 2. The van der Waals surface area contributed by atoms with E-state index in [1.54, 1.807) is 0 Å². The topological polar surface area (TPSA) is 24.1 Å². The third-order valence-electron chi connectivity index (χ3n) is 2.86. The summed E-state index contributed by atoms with van der Waals surface area (Å²) in [5.41, 5.74) is 0. The van der Waals surface area contributed by atoms with Crippen LogP contribution in [0.2, 0.25) is 0 Å². The smallest absolute Gasteiger partial charge is 0.0223 e. The maximum atomic E-state index is 3.67. The summed E-state index contributed by atoms with van der Waals surface area (Å²) in [4.78, 5) is 0. The fourth-order valence-electron chi connectivity index (χ4n) is 2.39. The Morgan fingerprint density at radius 1 is 0.786 bits per heavy atom. The molecule has 2 heteroatoms. The molecule has 0 spiro atoms. The van der Waals surface area contributed by atoms with Gasteiger partial charge in [-0.3, -0.25) is 0 Å². The zero-order valence-corrected chi connectivity index (χ0v) is 10.1. The summed E-state index contributed by atoms with van der Waals surface area (Å²) in [5.74, 6) is 0. The molecule has 1 aliphatic carbocycles. The van der Waals surface area contributed by atoms with E-state index in [-0.39, 0.29) is 0 Å². The van der Waals surface area contributed by atoms with Crippen molar-refractivity contribution in [2.45, 2.75) is 77.5 Å². The summed E-state index contributed by atoms with van der Waals surface area (Å²) in [7, 11) is 0. The van der Waals surface area contributed by atoms with Crippen molar-refractivity contribution in [2.75, 3.05) is 0 Å². The van der Waals surface area contributed by atoms with Crippen LogP contribution in [0.1, 0.15) is 53.4 Å². The van der Waals surface area contributed by atoms with E-state index in [0.717, 1.165) is 0 Å². The molecule has 1 rings (SSSR count). The molecule has 1 saturated carbocycles. The molecule has 14 heavy (non-hydrogen) atoms. The van der Waals surface area contributed by atoms with Crippen molar-refractivity contribution in [2.24, 2.45) is 0 Å². The molecule has 0 aromatic rings. The second-order valence-electron chi connectivity index (χ2n) is 5.14. The minimum atomic E-state index is 0.606. The largest absolute Gasteiger partial charge is 0.310 e. The molecule has 2 nitrogen and oxygen atoms in total. The molecular weight excluding hydrogens is 172 g/mol. The molecule has 0 heterocycles. The molecule has 0 aromatic heterocycles. The third-order valence-corrected chi connectivity index (χ3v) is 2.86. The van der Waals surface area contributed by atoms with E-state index < -0.39 is 0 Å². The van der Waals surface area contributed by atoms with Crippen LogP contribution >= 0.6 is 0 Å². The molecule has 1 aliphatic rings. The lowest BCUT2D eigenvalue weighted by atomic mass is 9.89. The Balaban J connectivity index is 2.41. The lowest BCUT2D eigenvalue weighted by molar-refractivity contribution is 0.259. The molecule has 0 saturated heterocycles. The predicted molar refractivity (Wildman–Crippen MR) is 62.6 cm³/mol.